The largest absolute Gasteiger partial charge is 0.300 e. The summed E-state index contributed by atoms with van der Waals surface area (Å²) in [6.45, 7) is 14.1. The SMILES string of the molecule is CC(=O)[C@H](CC[C@@H](C)[C@H]1CC[C@H]2[C@@H]3CC=C4CCCC[C@]4(C)[C@H]3CC[C@]12C)C(C)C. The molecule has 0 spiro atoms. The fraction of sp³-hybridized carbons (Fsp3) is 0.897. The Kier molecular flexibility index (Phi) is 6.33. The van der Waals surface area contributed by atoms with Crippen molar-refractivity contribution >= 4 is 5.78 Å². The average Bonchev–Trinajstić information content (AvgIpc) is 3.04. The highest BCUT2D eigenvalue weighted by Gasteiger charge is 2.58. The Labute approximate surface area is 186 Å². The number of rotatable bonds is 6. The van der Waals surface area contributed by atoms with E-state index in [1.165, 1.54) is 64.2 Å². The van der Waals surface area contributed by atoms with Crippen molar-refractivity contribution in [2.45, 2.75) is 112 Å². The molecule has 170 valence electrons. The van der Waals surface area contributed by atoms with Crippen LogP contribution in [0.2, 0.25) is 0 Å². The van der Waals surface area contributed by atoms with Gasteiger partial charge in [-0.25, -0.2) is 0 Å². The van der Waals surface area contributed by atoms with Crippen molar-refractivity contribution < 1.29 is 4.79 Å². The Bertz CT molecular complexity index is 674. The first-order chi connectivity index (χ1) is 14.2. The molecule has 0 radical (unpaired) electrons. The van der Waals surface area contributed by atoms with Gasteiger partial charge in [0, 0.05) is 5.92 Å². The van der Waals surface area contributed by atoms with Gasteiger partial charge in [-0.1, -0.05) is 52.7 Å². The maximum absolute atomic E-state index is 12.1. The minimum Gasteiger partial charge on any atom is -0.300 e. The number of carbonyl (C=O) groups excluding carboxylic acids is 1. The van der Waals surface area contributed by atoms with E-state index in [4.69, 9.17) is 0 Å². The van der Waals surface area contributed by atoms with E-state index in [2.05, 4.69) is 40.7 Å². The van der Waals surface area contributed by atoms with Crippen LogP contribution in [0, 0.1) is 52.3 Å². The zero-order chi connectivity index (χ0) is 21.7. The second kappa shape index (κ2) is 8.40. The number of carbonyl (C=O) groups is 1. The van der Waals surface area contributed by atoms with E-state index in [1.807, 2.05) is 5.57 Å². The quantitative estimate of drug-likeness (QED) is 0.401. The van der Waals surface area contributed by atoms with Crippen molar-refractivity contribution in [1.29, 1.82) is 0 Å². The van der Waals surface area contributed by atoms with E-state index in [0.29, 0.717) is 22.5 Å². The predicted octanol–water partition coefficient (Wildman–Crippen LogP) is 8.23. The van der Waals surface area contributed by atoms with Crippen molar-refractivity contribution in [2.75, 3.05) is 0 Å². The first kappa shape index (κ1) is 22.6. The van der Waals surface area contributed by atoms with Crippen LogP contribution in [-0.2, 0) is 4.79 Å². The van der Waals surface area contributed by atoms with Crippen molar-refractivity contribution in [1.82, 2.24) is 0 Å². The van der Waals surface area contributed by atoms with Crippen LogP contribution in [0.4, 0.5) is 0 Å². The molecule has 0 amide bonds. The lowest BCUT2D eigenvalue weighted by atomic mass is 9.47. The molecule has 0 aromatic carbocycles. The fourth-order valence-corrected chi connectivity index (χ4v) is 9.32. The van der Waals surface area contributed by atoms with E-state index < -0.39 is 0 Å². The molecule has 0 aromatic rings. The zero-order valence-corrected chi connectivity index (χ0v) is 20.8. The van der Waals surface area contributed by atoms with Crippen LogP contribution in [0.1, 0.15) is 112 Å². The minimum atomic E-state index is 0.265. The van der Waals surface area contributed by atoms with Crippen molar-refractivity contribution in [3.63, 3.8) is 0 Å². The standard InChI is InChI=1S/C29H48O/c1-19(2)23(21(4)30)12-10-20(3)25-14-15-26-24-13-11-22-9-7-8-17-28(22,5)27(24)16-18-29(25,26)6/h11,19-20,23-27H,7-10,12-18H2,1-6H3/t20-,23-,24+,25-,26+,27+,28+,29-/m1/s1. The Morgan fingerprint density at radius 1 is 1.03 bits per heavy atom. The molecule has 4 aliphatic rings. The Balaban J connectivity index is 1.47. The summed E-state index contributed by atoms with van der Waals surface area (Å²) in [6.07, 6.45) is 18.0. The molecule has 1 heteroatoms. The smallest absolute Gasteiger partial charge is 0.133 e. The molecule has 0 aromatic heterocycles. The third kappa shape index (κ3) is 3.65. The van der Waals surface area contributed by atoms with Crippen LogP contribution in [0.25, 0.3) is 0 Å². The fourth-order valence-electron chi connectivity index (χ4n) is 9.32. The summed E-state index contributed by atoms with van der Waals surface area (Å²) in [6, 6.07) is 0. The molecule has 0 N–H and O–H groups in total. The van der Waals surface area contributed by atoms with Crippen molar-refractivity contribution in [2.24, 2.45) is 52.3 Å². The molecule has 0 aliphatic heterocycles. The normalized spacial score (nSPS) is 42.7. The van der Waals surface area contributed by atoms with Crippen LogP contribution in [0.3, 0.4) is 0 Å². The summed E-state index contributed by atoms with van der Waals surface area (Å²) >= 11 is 0. The molecule has 0 heterocycles. The van der Waals surface area contributed by atoms with Gasteiger partial charge in [-0.3, -0.25) is 4.79 Å². The number of hydrogen-bond acceptors (Lipinski definition) is 1. The molecule has 1 nitrogen and oxygen atoms in total. The summed E-state index contributed by atoms with van der Waals surface area (Å²) in [5.74, 6) is 5.61. The first-order valence-electron chi connectivity index (χ1n) is 13.4. The molecule has 30 heavy (non-hydrogen) atoms. The van der Waals surface area contributed by atoms with E-state index in [-0.39, 0.29) is 5.92 Å². The number of hydrogen-bond donors (Lipinski definition) is 0. The minimum absolute atomic E-state index is 0.265. The van der Waals surface area contributed by atoms with Gasteiger partial charge >= 0.3 is 0 Å². The average molecular weight is 413 g/mol. The Hall–Kier alpha value is -0.590. The summed E-state index contributed by atoms with van der Waals surface area (Å²) in [5.41, 5.74) is 2.91. The van der Waals surface area contributed by atoms with Gasteiger partial charge in [0.25, 0.3) is 0 Å². The van der Waals surface area contributed by atoms with E-state index in [9.17, 15) is 4.79 Å². The second-order valence-electron chi connectivity index (χ2n) is 12.7. The molecule has 8 atom stereocenters. The maximum Gasteiger partial charge on any atom is 0.133 e. The Morgan fingerprint density at radius 2 is 1.80 bits per heavy atom. The van der Waals surface area contributed by atoms with Gasteiger partial charge in [-0.05, 0) is 117 Å². The number of fused-ring (bicyclic) bond motifs is 5. The lowest BCUT2D eigenvalue weighted by molar-refractivity contribution is -0.122. The predicted molar refractivity (Wildman–Crippen MR) is 127 cm³/mol. The van der Waals surface area contributed by atoms with Crippen molar-refractivity contribution in [3.8, 4) is 0 Å². The highest BCUT2D eigenvalue weighted by Crippen LogP contribution is 2.67. The molecule has 0 bridgehead atoms. The molecular weight excluding hydrogens is 364 g/mol. The van der Waals surface area contributed by atoms with Crippen LogP contribution in [0.5, 0.6) is 0 Å². The topological polar surface area (TPSA) is 17.1 Å². The summed E-state index contributed by atoms with van der Waals surface area (Å²) in [7, 11) is 0. The molecule has 3 saturated carbocycles. The van der Waals surface area contributed by atoms with E-state index >= 15 is 0 Å². The highest BCUT2D eigenvalue weighted by molar-refractivity contribution is 5.78. The highest BCUT2D eigenvalue weighted by atomic mass is 16.1. The van der Waals surface area contributed by atoms with Crippen molar-refractivity contribution in [3.05, 3.63) is 11.6 Å². The summed E-state index contributed by atoms with van der Waals surface area (Å²) in [4.78, 5) is 12.1. The van der Waals surface area contributed by atoms with E-state index in [1.54, 1.807) is 6.92 Å². The number of ketones is 1. The maximum atomic E-state index is 12.1. The molecule has 4 rings (SSSR count). The lowest BCUT2D eigenvalue weighted by Crippen LogP contribution is -2.50. The third-order valence-electron chi connectivity index (χ3n) is 11.0. The van der Waals surface area contributed by atoms with Gasteiger partial charge < -0.3 is 0 Å². The zero-order valence-electron chi connectivity index (χ0n) is 20.8. The van der Waals surface area contributed by atoms with Gasteiger partial charge in [0.15, 0.2) is 0 Å². The van der Waals surface area contributed by atoms with Gasteiger partial charge in [0.1, 0.15) is 5.78 Å². The van der Waals surface area contributed by atoms with Gasteiger partial charge in [0.05, 0.1) is 0 Å². The first-order valence-corrected chi connectivity index (χ1v) is 13.4. The van der Waals surface area contributed by atoms with Crippen LogP contribution in [-0.4, -0.2) is 5.78 Å². The molecule has 0 unspecified atom stereocenters. The monoisotopic (exact) mass is 412 g/mol. The number of allylic oxidation sites excluding steroid dienone is 2. The summed E-state index contributed by atoms with van der Waals surface area (Å²) in [5, 5.41) is 0. The second-order valence-corrected chi connectivity index (χ2v) is 12.7. The number of Topliss-reactive ketones (excluding diaryl/α,β-unsaturated/α-hetero) is 1. The molecule has 0 saturated heterocycles. The molecular formula is C29H48O. The van der Waals surface area contributed by atoms with Gasteiger partial charge in [-0.2, -0.15) is 0 Å². The van der Waals surface area contributed by atoms with Gasteiger partial charge in [-0.15, -0.1) is 0 Å². The Morgan fingerprint density at radius 3 is 2.50 bits per heavy atom. The lowest BCUT2D eigenvalue weighted by Gasteiger charge is -2.58. The third-order valence-corrected chi connectivity index (χ3v) is 11.0. The summed E-state index contributed by atoms with van der Waals surface area (Å²) < 4.78 is 0. The van der Waals surface area contributed by atoms with Crippen LogP contribution >= 0.6 is 0 Å². The van der Waals surface area contributed by atoms with Crippen LogP contribution in [0.15, 0.2) is 11.6 Å². The van der Waals surface area contributed by atoms with E-state index in [0.717, 1.165) is 36.0 Å². The van der Waals surface area contributed by atoms with Crippen LogP contribution < -0.4 is 0 Å². The molecule has 4 aliphatic carbocycles. The molecule has 3 fully saturated rings. The van der Waals surface area contributed by atoms with Gasteiger partial charge in [0.2, 0.25) is 0 Å².